The SMILES string of the molecule is C=Cc1cc([C@@H]2N[C@H](CO)[C@@H](O)[C@H]2O)c(=O)[nH]c1N. The number of anilines is 1. The maximum absolute atomic E-state index is 11.9. The topological polar surface area (TPSA) is 132 Å². The van der Waals surface area contributed by atoms with Gasteiger partial charge in [0.25, 0.3) is 5.56 Å². The predicted octanol–water partition coefficient (Wildman–Crippen LogP) is -1.67. The molecule has 0 aromatic carbocycles. The number of pyridine rings is 1. The van der Waals surface area contributed by atoms with Crippen LogP contribution in [0.15, 0.2) is 17.4 Å². The van der Waals surface area contributed by atoms with Gasteiger partial charge in [-0.2, -0.15) is 0 Å². The van der Waals surface area contributed by atoms with Crippen molar-refractivity contribution in [2.75, 3.05) is 12.3 Å². The highest BCUT2D eigenvalue weighted by Crippen LogP contribution is 2.26. The lowest BCUT2D eigenvalue weighted by Gasteiger charge is -2.16. The summed E-state index contributed by atoms with van der Waals surface area (Å²) in [6.45, 7) is 3.24. The van der Waals surface area contributed by atoms with Crippen LogP contribution >= 0.6 is 0 Å². The number of nitrogens with two attached hydrogens (primary N) is 1. The summed E-state index contributed by atoms with van der Waals surface area (Å²) in [4.78, 5) is 14.3. The van der Waals surface area contributed by atoms with Gasteiger partial charge in [0.1, 0.15) is 11.9 Å². The minimum absolute atomic E-state index is 0.190. The van der Waals surface area contributed by atoms with Gasteiger partial charge < -0.3 is 31.4 Å². The van der Waals surface area contributed by atoms with Crippen LogP contribution in [-0.2, 0) is 0 Å². The number of nitrogen functional groups attached to an aromatic ring is 1. The Kier molecular flexibility index (Phi) is 3.72. The van der Waals surface area contributed by atoms with Crippen LogP contribution < -0.4 is 16.6 Å². The zero-order valence-electron chi connectivity index (χ0n) is 10.2. The Balaban J connectivity index is 2.43. The van der Waals surface area contributed by atoms with Crippen LogP contribution in [0.2, 0.25) is 0 Å². The van der Waals surface area contributed by atoms with Crippen molar-refractivity contribution in [2.45, 2.75) is 24.3 Å². The predicted molar refractivity (Wildman–Crippen MR) is 70.3 cm³/mol. The number of aliphatic hydroxyl groups is 3. The first-order chi connectivity index (χ1) is 8.99. The molecule has 0 saturated carbocycles. The highest BCUT2D eigenvalue weighted by atomic mass is 16.3. The standard InChI is InChI=1S/C12H17N3O4/c1-2-5-3-6(12(19)15-11(5)13)8-10(18)9(17)7(4-16)14-8/h2-3,7-10,14,16-18H,1,4H2,(H3,13,15,19)/t7-,8+,9-,10+/m1/s1. The molecule has 2 rings (SSSR count). The minimum atomic E-state index is -1.18. The van der Waals surface area contributed by atoms with Gasteiger partial charge in [-0.05, 0) is 6.07 Å². The smallest absolute Gasteiger partial charge is 0.254 e. The van der Waals surface area contributed by atoms with Crippen molar-refractivity contribution < 1.29 is 15.3 Å². The van der Waals surface area contributed by atoms with E-state index < -0.39 is 29.9 Å². The molecule has 1 aliphatic heterocycles. The Bertz CT molecular complexity index is 542. The molecule has 7 heteroatoms. The Morgan fingerprint density at radius 1 is 1.42 bits per heavy atom. The van der Waals surface area contributed by atoms with E-state index >= 15 is 0 Å². The highest BCUT2D eigenvalue weighted by molar-refractivity contribution is 5.60. The van der Waals surface area contributed by atoms with Crippen molar-refractivity contribution in [3.63, 3.8) is 0 Å². The van der Waals surface area contributed by atoms with E-state index in [0.717, 1.165) is 0 Å². The summed E-state index contributed by atoms with van der Waals surface area (Å²) in [6, 6.07) is 0.0634. The zero-order chi connectivity index (χ0) is 14.2. The number of H-pyrrole nitrogens is 1. The second-order valence-electron chi connectivity index (χ2n) is 4.54. The molecule has 0 radical (unpaired) electrons. The molecule has 7 nitrogen and oxygen atoms in total. The number of rotatable bonds is 3. The maximum atomic E-state index is 11.9. The fraction of sp³-hybridized carbons (Fsp3) is 0.417. The molecule has 0 spiro atoms. The van der Waals surface area contributed by atoms with E-state index in [0.29, 0.717) is 5.56 Å². The summed E-state index contributed by atoms with van der Waals surface area (Å²) in [5, 5.41) is 31.6. The molecule has 1 aromatic heterocycles. The number of nitrogens with one attached hydrogen (secondary N) is 2. The molecule has 0 aliphatic carbocycles. The summed E-state index contributed by atoms with van der Waals surface area (Å²) in [5.74, 6) is 0.190. The molecule has 1 aliphatic rings. The average molecular weight is 267 g/mol. The molecular weight excluding hydrogens is 250 g/mol. The normalized spacial score (nSPS) is 30.5. The minimum Gasteiger partial charge on any atom is -0.395 e. The Labute approximate surface area is 109 Å². The number of hydrogen-bond donors (Lipinski definition) is 6. The van der Waals surface area contributed by atoms with E-state index in [4.69, 9.17) is 10.8 Å². The molecule has 1 saturated heterocycles. The van der Waals surface area contributed by atoms with Gasteiger partial charge in [0.05, 0.1) is 24.8 Å². The number of hydrogen-bond acceptors (Lipinski definition) is 6. The van der Waals surface area contributed by atoms with E-state index in [2.05, 4.69) is 16.9 Å². The Morgan fingerprint density at radius 2 is 2.11 bits per heavy atom. The Hall–Kier alpha value is -1.67. The monoisotopic (exact) mass is 267 g/mol. The van der Waals surface area contributed by atoms with Gasteiger partial charge in [0, 0.05) is 11.1 Å². The third-order valence-corrected chi connectivity index (χ3v) is 3.38. The number of aromatic nitrogens is 1. The van der Waals surface area contributed by atoms with Gasteiger partial charge in [-0.25, -0.2) is 0 Å². The maximum Gasteiger partial charge on any atom is 0.254 e. The van der Waals surface area contributed by atoms with Crippen LogP contribution in [0.3, 0.4) is 0 Å². The first kappa shape index (κ1) is 13.8. The van der Waals surface area contributed by atoms with Gasteiger partial charge in [-0.3, -0.25) is 4.79 Å². The molecule has 1 fully saturated rings. The molecule has 4 atom stereocenters. The van der Waals surface area contributed by atoms with Crippen LogP contribution in [0, 0.1) is 0 Å². The molecule has 1 aromatic rings. The third-order valence-electron chi connectivity index (χ3n) is 3.38. The lowest BCUT2D eigenvalue weighted by molar-refractivity contribution is 0.0193. The van der Waals surface area contributed by atoms with Crippen molar-refractivity contribution >= 4 is 11.9 Å². The van der Waals surface area contributed by atoms with Crippen LogP contribution in [-0.4, -0.2) is 45.2 Å². The fourth-order valence-electron chi connectivity index (χ4n) is 2.27. The lowest BCUT2D eigenvalue weighted by Crippen LogP contribution is -2.36. The van der Waals surface area contributed by atoms with E-state index in [1.54, 1.807) is 0 Å². The van der Waals surface area contributed by atoms with E-state index in [1.807, 2.05) is 0 Å². The van der Waals surface area contributed by atoms with Crippen molar-refractivity contribution in [1.29, 1.82) is 0 Å². The molecule has 7 N–H and O–H groups in total. The second kappa shape index (κ2) is 5.14. The molecule has 2 heterocycles. The second-order valence-corrected chi connectivity index (χ2v) is 4.54. The Morgan fingerprint density at radius 3 is 2.63 bits per heavy atom. The van der Waals surface area contributed by atoms with Crippen molar-refractivity contribution in [3.05, 3.63) is 34.1 Å². The van der Waals surface area contributed by atoms with Gasteiger partial charge in [-0.1, -0.05) is 12.7 Å². The average Bonchev–Trinajstić information content (AvgIpc) is 2.67. The first-order valence-electron chi connectivity index (χ1n) is 5.87. The summed E-state index contributed by atoms with van der Waals surface area (Å²) in [5.41, 5.74) is 5.94. The van der Waals surface area contributed by atoms with Crippen LogP contribution in [0.5, 0.6) is 0 Å². The van der Waals surface area contributed by atoms with Crippen LogP contribution in [0.4, 0.5) is 5.82 Å². The summed E-state index contributed by atoms with van der Waals surface area (Å²) in [7, 11) is 0. The zero-order valence-corrected chi connectivity index (χ0v) is 10.2. The summed E-state index contributed by atoms with van der Waals surface area (Å²) < 4.78 is 0. The highest BCUT2D eigenvalue weighted by Gasteiger charge is 2.42. The van der Waals surface area contributed by atoms with Crippen molar-refractivity contribution in [3.8, 4) is 0 Å². The van der Waals surface area contributed by atoms with Crippen molar-refractivity contribution in [2.24, 2.45) is 0 Å². The van der Waals surface area contributed by atoms with Gasteiger partial charge in [-0.15, -0.1) is 0 Å². The van der Waals surface area contributed by atoms with Crippen LogP contribution in [0.1, 0.15) is 17.2 Å². The molecule has 0 amide bonds. The van der Waals surface area contributed by atoms with Gasteiger partial charge >= 0.3 is 0 Å². The van der Waals surface area contributed by atoms with E-state index in [1.165, 1.54) is 12.1 Å². The molecule has 0 unspecified atom stereocenters. The van der Waals surface area contributed by atoms with Crippen LogP contribution in [0.25, 0.3) is 6.08 Å². The lowest BCUT2D eigenvalue weighted by atomic mass is 10.0. The van der Waals surface area contributed by atoms with Crippen molar-refractivity contribution in [1.82, 2.24) is 10.3 Å². The van der Waals surface area contributed by atoms with Gasteiger partial charge in [0.2, 0.25) is 0 Å². The first-order valence-corrected chi connectivity index (χ1v) is 5.87. The number of aromatic amines is 1. The van der Waals surface area contributed by atoms with E-state index in [9.17, 15) is 15.0 Å². The molecule has 104 valence electrons. The quantitative estimate of drug-likeness (QED) is 0.388. The molecular formula is C12H17N3O4. The molecule has 0 bridgehead atoms. The summed E-state index contributed by atoms with van der Waals surface area (Å²) >= 11 is 0. The third kappa shape index (κ3) is 2.28. The van der Waals surface area contributed by atoms with E-state index in [-0.39, 0.29) is 18.0 Å². The largest absolute Gasteiger partial charge is 0.395 e. The summed E-state index contributed by atoms with van der Waals surface area (Å²) in [6.07, 6.45) is -0.838. The fourth-order valence-corrected chi connectivity index (χ4v) is 2.27. The van der Waals surface area contributed by atoms with Gasteiger partial charge in [0.15, 0.2) is 0 Å². The number of aliphatic hydroxyl groups excluding tert-OH is 3. The molecule has 19 heavy (non-hydrogen) atoms.